The summed E-state index contributed by atoms with van der Waals surface area (Å²) in [5.74, 6) is 0.0123. The van der Waals surface area contributed by atoms with Gasteiger partial charge in [-0.3, -0.25) is 0 Å². The van der Waals surface area contributed by atoms with E-state index in [2.05, 4.69) is 0 Å². The summed E-state index contributed by atoms with van der Waals surface area (Å²) in [6.07, 6.45) is -0.895. The van der Waals surface area contributed by atoms with Gasteiger partial charge in [-0.1, -0.05) is 38.1 Å². The minimum atomic E-state index is -0.895. The number of alkyl halides is 1. The summed E-state index contributed by atoms with van der Waals surface area (Å²) in [6, 6.07) is 7.44. The molecule has 2 heteroatoms. The molecule has 1 nitrogen and oxygen atoms in total. The molecule has 0 amide bonds. The second-order valence-corrected chi connectivity index (χ2v) is 4.10. The Morgan fingerprint density at radius 1 is 1.14 bits per heavy atom. The molecular weight excluding hydrogens is 177 g/mol. The number of benzene rings is 1. The molecule has 0 bridgehead atoms. The van der Waals surface area contributed by atoms with Gasteiger partial charge in [0.25, 0.3) is 0 Å². The summed E-state index contributed by atoms with van der Waals surface area (Å²) in [4.78, 5) is 0. The highest BCUT2D eigenvalue weighted by Gasteiger charge is 2.14. The predicted octanol–water partition coefficient (Wildman–Crippen LogP) is 3.37. The van der Waals surface area contributed by atoms with Crippen molar-refractivity contribution in [3.8, 4) is 0 Å². The van der Waals surface area contributed by atoms with E-state index in [9.17, 15) is 4.39 Å². The molecule has 0 saturated heterocycles. The van der Waals surface area contributed by atoms with Crippen LogP contribution in [0.25, 0.3) is 0 Å². The van der Waals surface area contributed by atoms with Crippen LogP contribution in [-0.2, 0) is 0 Å². The summed E-state index contributed by atoms with van der Waals surface area (Å²) in [5.41, 5.74) is 7.46. The summed E-state index contributed by atoms with van der Waals surface area (Å²) >= 11 is 0. The fourth-order valence-corrected chi connectivity index (χ4v) is 1.40. The van der Waals surface area contributed by atoms with Gasteiger partial charge in [0.05, 0.1) is 0 Å². The first-order valence-corrected chi connectivity index (χ1v) is 5.02. The van der Waals surface area contributed by atoms with E-state index >= 15 is 0 Å². The molecular formula is C12H18FN. The van der Waals surface area contributed by atoms with Gasteiger partial charge in [-0.25, -0.2) is 4.39 Å². The molecule has 0 heterocycles. The Morgan fingerprint density at radius 2 is 1.71 bits per heavy atom. The molecule has 0 spiro atoms. The lowest BCUT2D eigenvalue weighted by atomic mass is 9.97. The fourth-order valence-electron chi connectivity index (χ4n) is 1.40. The minimum absolute atomic E-state index is 0.0123. The quantitative estimate of drug-likeness (QED) is 0.786. The van der Waals surface area contributed by atoms with Crippen LogP contribution in [0.5, 0.6) is 0 Å². The van der Waals surface area contributed by atoms with E-state index < -0.39 is 6.17 Å². The van der Waals surface area contributed by atoms with Gasteiger partial charge in [-0.2, -0.15) is 0 Å². The third kappa shape index (κ3) is 2.55. The van der Waals surface area contributed by atoms with Crippen LogP contribution < -0.4 is 5.73 Å². The summed E-state index contributed by atoms with van der Waals surface area (Å²) in [7, 11) is 0. The average Bonchev–Trinajstić information content (AvgIpc) is 2.16. The van der Waals surface area contributed by atoms with E-state index in [0.29, 0.717) is 0 Å². The van der Waals surface area contributed by atoms with Crippen molar-refractivity contribution in [3.05, 3.63) is 35.4 Å². The van der Waals surface area contributed by atoms with Crippen molar-refractivity contribution in [1.29, 1.82) is 0 Å². The first-order chi connectivity index (χ1) is 6.52. The Labute approximate surface area is 85.1 Å². The lowest BCUT2D eigenvalue weighted by Gasteiger charge is -2.14. The van der Waals surface area contributed by atoms with Gasteiger partial charge >= 0.3 is 0 Å². The smallest absolute Gasteiger partial charge is 0.127 e. The van der Waals surface area contributed by atoms with Gasteiger partial charge in [0.1, 0.15) is 6.17 Å². The molecule has 0 aliphatic carbocycles. The van der Waals surface area contributed by atoms with E-state index in [4.69, 9.17) is 5.73 Å². The van der Waals surface area contributed by atoms with Crippen LogP contribution in [0.15, 0.2) is 24.3 Å². The van der Waals surface area contributed by atoms with Gasteiger partial charge in [-0.15, -0.1) is 0 Å². The number of rotatable bonds is 3. The van der Waals surface area contributed by atoms with Gasteiger partial charge < -0.3 is 5.73 Å². The molecule has 1 aromatic rings. The molecule has 14 heavy (non-hydrogen) atoms. The molecule has 0 aliphatic heterocycles. The third-order valence-corrected chi connectivity index (χ3v) is 2.34. The van der Waals surface area contributed by atoms with E-state index in [-0.39, 0.29) is 12.0 Å². The molecule has 2 unspecified atom stereocenters. The van der Waals surface area contributed by atoms with Crippen LogP contribution in [-0.4, -0.2) is 0 Å². The molecule has 78 valence electrons. The molecule has 0 aromatic heterocycles. The Balaban J connectivity index is 2.93. The number of hydrogen-bond acceptors (Lipinski definition) is 1. The molecule has 2 N–H and O–H groups in total. The van der Waals surface area contributed by atoms with Crippen molar-refractivity contribution in [3.63, 3.8) is 0 Å². The first-order valence-electron chi connectivity index (χ1n) is 5.02. The van der Waals surface area contributed by atoms with Crippen LogP contribution in [0.2, 0.25) is 0 Å². The van der Waals surface area contributed by atoms with Crippen molar-refractivity contribution in [1.82, 2.24) is 0 Å². The molecule has 2 atom stereocenters. The fraction of sp³-hybridized carbons (Fsp3) is 0.500. The molecule has 0 fully saturated rings. The van der Waals surface area contributed by atoms with Crippen LogP contribution in [0.4, 0.5) is 4.39 Å². The maximum absolute atomic E-state index is 13.7. The molecule has 0 saturated carbocycles. The van der Waals surface area contributed by atoms with E-state index in [0.717, 1.165) is 11.1 Å². The average molecular weight is 195 g/mol. The zero-order valence-corrected chi connectivity index (χ0v) is 9.00. The topological polar surface area (TPSA) is 26.0 Å². The maximum atomic E-state index is 13.7. The highest BCUT2D eigenvalue weighted by molar-refractivity contribution is 5.27. The third-order valence-electron chi connectivity index (χ3n) is 2.34. The predicted molar refractivity (Wildman–Crippen MR) is 57.7 cm³/mol. The van der Waals surface area contributed by atoms with Crippen LogP contribution in [0.1, 0.15) is 44.1 Å². The largest absolute Gasteiger partial charge is 0.324 e. The molecule has 1 rings (SSSR count). The number of hydrogen-bond donors (Lipinski definition) is 1. The standard InChI is InChI=1S/C12H18FN/c1-8(2)12(13)11-6-4-5-10(7-11)9(3)14/h4-9,12H,14H2,1-3H3. The highest BCUT2D eigenvalue weighted by atomic mass is 19.1. The second-order valence-electron chi connectivity index (χ2n) is 4.10. The zero-order valence-electron chi connectivity index (χ0n) is 9.00. The summed E-state index contributed by atoms with van der Waals surface area (Å²) in [6.45, 7) is 5.66. The van der Waals surface area contributed by atoms with Crippen molar-refractivity contribution < 1.29 is 4.39 Å². The Kier molecular flexibility index (Phi) is 3.64. The Bertz CT molecular complexity index is 294. The van der Waals surface area contributed by atoms with Gasteiger partial charge in [-0.05, 0) is 24.0 Å². The van der Waals surface area contributed by atoms with E-state index in [1.54, 1.807) is 0 Å². The SMILES string of the molecule is CC(N)c1cccc(C(F)C(C)C)c1. The zero-order chi connectivity index (χ0) is 10.7. The van der Waals surface area contributed by atoms with Gasteiger partial charge in [0, 0.05) is 6.04 Å². The molecule has 0 aliphatic rings. The van der Waals surface area contributed by atoms with Gasteiger partial charge in [0.2, 0.25) is 0 Å². The van der Waals surface area contributed by atoms with Crippen LogP contribution >= 0.6 is 0 Å². The van der Waals surface area contributed by atoms with Gasteiger partial charge in [0.15, 0.2) is 0 Å². The molecule has 0 radical (unpaired) electrons. The van der Waals surface area contributed by atoms with Crippen molar-refractivity contribution in [2.45, 2.75) is 33.0 Å². The molecule has 1 aromatic carbocycles. The lowest BCUT2D eigenvalue weighted by Crippen LogP contribution is -2.07. The number of halogens is 1. The monoisotopic (exact) mass is 195 g/mol. The number of nitrogens with two attached hydrogens (primary N) is 1. The van der Waals surface area contributed by atoms with Crippen molar-refractivity contribution in [2.24, 2.45) is 11.7 Å². The second kappa shape index (κ2) is 4.56. The maximum Gasteiger partial charge on any atom is 0.127 e. The van der Waals surface area contributed by atoms with Crippen LogP contribution in [0, 0.1) is 5.92 Å². The summed E-state index contributed by atoms with van der Waals surface area (Å²) in [5, 5.41) is 0. The highest BCUT2D eigenvalue weighted by Crippen LogP contribution is 2.27. The van der Waals surface area contributed by atoms with E-state index in [1.807, 2.05) is 45.0 Å². The minimum Gasteiger partial charge on any atom is -0.324 e. The van der Waals surface area contributed by atoms with Crippen molar-refractivity contribution >= 4 is 0 Å². The van der Waals surface area contributed by atoms with Crippen molar-refractivity contribution in [2.75, 3.05) is 0 Å². The van der Waals surface area contributed by atoms with Crippen LogP contribution in [0.3, 0.4) is 0 Å². The normalized spacial score (nSPS) is 15.6. The summed E-state index contributed by atoms with van der Waals surface area (Å²) < 4.78 is 13.7. The van der Waals surface area contributed by atoms with E-state index in [1.165, 1.54) is 0 Å². The lowest BCUT2D eigenvalue weighted by molar-refractivity contribution is 0.261. The Morgan fingerprint density at radius 3 is 2.21 bits per heavy atom. The Hall–Kier alpha value is -0.890. The first kappa shape index (κ1) is 11.2.